The van der Waals surface area contributed by atoms with E-state index in [4.69, 9.17) is 0 Å². The molecule has 2 unspecified atom stereocenters. The maximum Gasteiger partial charge on any atom is 0.0922 e. The molecule has 0 fully saturated rings. The number of rotatable bonds is 5. The Morgan fingerprint density at radius 3 is 2.78 bits per heavy atom. The van der Waals surface area contributed by atoms with Gasteiger partial charge in [-0.15, -0.1) is 0 Å². The van der Waals surface area contributed by atoms with Crippen LogP contribution in [0.3, 0.4) is 0 Å². The first-order valence-electron chi connectivity index (χ1n) is 5.86. The van der Waals surface area contributed by atoms with E-state index in [-0.39, 0.29) is 6.04 Å². The molecule has 1 aromatic heterocycles. The molecule has 1 aromatic carbocycles. The number of aliphatic hydroxyl groups is 1. The Hall–Kier alpha value is -0.680. The van der Waals surface area contributed by atoms with Gasteiger partial charge in [0.15, 0.2) is 0 Å². The molecule has 4 heteroatoms. The maximum absolute atomic E-state index is 10.0. The summed E-state index contributed by atoms with van der Waals surface area (Å²) in [6.45, 7) is 2.65. The molecule has 0 amide bonds. The Morgan fingerprint density at radius 1 is 1.33 bits per heavy atom. The Balaban J connectivity index is 1.93. The Morgan fingerprint density at radius 2 is 2.11 bits per heavy atom. The van der Waals surface area contributed by atoms with E-state index in [1.165, 1.54) is 5.56 Å². The first-order chi connectivity index (χ1) is 8.68. The molecule has 0 radical (unpaired) electrons. The van der Waals surface area contributed by atoms with Crippen molar-refractivity contribution in [2.24, 2.45) is 0 Å². The molecule has 1 heterocycles. The molecular formula is C14H16BrNOS. The van der Waals surface area contributed by atoms with Gasteiger partial charge in [-0.05, 0) is 40.9 Å². The summed E-state index contributed by atoms with van der Waals surface area (Å²) in [5.74, 6) is 0. The fraction of sp³-hybridized carbons (Fsp3) is 0.286. The third kappa shape index (κ3) is 3.42. The highest BCUT2D eigenvalue weighted by Gasteiger charge is 2.12. The van der Waals surface area contributed by atoms with E-state index in [1.807, 2.05) is 35.0 Å². The van der Waals surface area contributed by atoms with E-state index in [0.29, 0.717) is 6.54 Å². The van der Waals surface area contributed by atoms with Gasteiger partial charge in [0.1, 0.15) is 0 Å². The van der Waals surface area contributed by atoms with Gasteiger partial charge in [-0.1, -0.05) is 34.1 Å². The van der Waals surface area contributed by atoms with Gasteiger partial charge in [-0.25, -0.2) is 0 Å². The van der Waals surface area contributed by atoms with Gasteiger partial charge in [-0.2, -0.15) is 11.3 Å². The normalized spacial score (nSPS) is 14.4. The molecule has 0 saturated carbocycles. The van der Waals surface area contributed by atoms with E-state index < -0.39 is 6.10 Å². The van der Waals surface area contributed by atoms with Crippen molar-refractivity contribution >= 4 is 27.3 Å². The lowest BCUT2D eigenvalue weighted by Gasteiger charge is -2.18. The van der Waals surface area contributed by atoms with Gasteiger partial charge in [0, 0.05) is 17.1 Å². The van der Waals surface area contributed by atoms with Crippen LogP contribution in [0.25, 0.3) is 0 Å². The van der Waals surface area contributed by atoms with Crippen LogP contribution in [-0.4, -0.2) is 11.7 Å². The Bertz CT molecular complexity index is 486. The Kier molecular flexibility index (Phi) is 4.95. The van der Waals surface area contributed by atoms with Crippen molar-refractivity contribution in [2.75, 3.05) is 6.54 Å². The van der Waals surface area contributed by atoms with Crippen molar-refractivity contribution in [1.82, 2.24) is 5.32 Å². The number of aliphatic hydroxyl groups excluding tert-OH is 1. The van der Waals surface area contributed by atoms with Gasteiger partial charge < -0.3 is 10.4 Å². The summed E-state index contributed by atoms with van der Waals surface area (Å²) in [5.41, 5.74) is 2.18. The fourth-order valence-electron chi connectivity index (χ4n) is 1.81. The monoisotopic (exact) mass is 325 g/mol. The molecule has 96 valence electrons. The lowest BCUT2D eigenvalue weighted by Crippen LogP contribution is -2.24. The van der Waals surface area contributed by atoms with E-state index in [1.54, 1.807) is 11.3 Å². The van der Waals surface area contributed by atoms with E-state index in [9.17, 15) is 5.11 Å². The number of thiophene rings is 1. The van der Waals surface area contributed by atoms with Crippen LogP contribution in [0.2, 0.25) is 0 Å². The van der Waals surface area contributed by atoms with Crippen LogP contribution in [0.4, 0.5) is 0 Å². The van der Waals surface area contributed by atoms with Crippen molar-refractivity contribution in [3.8, 4) is 0 Å². The number of benzene rings is 1. The highest BCUT2D eigenvalue weighted by molar-refractivity contribution is 9.10. The molecule has 2 atom stereocenters. The number of halogens is 1. The zero-order valence-corrected chi connectivity index (χ0v) is 12.5. The quantitative estimate of drug-likeness (QED) is 0.873. The minimum atomic E-state index is -0.443. The second kappa shape index (κ2) is 6.48. The molecule has 0 aliphatic rings. The van der Waals surface area contributed by atoms with Gasteiger partial charge >= 0.3 is 0 Å². The second-order valence-electron chi connectivity index (χ2n) is 4.22. The highest BCUT2D eigenvalue weighted by atomic mass is 79.9. The average Bonchev–Trinajstić information content (AvgIpc) is 2.90. The first-order valence-corrected chi connectivity index (χ1v) is 7.60. The molecule has 0 bridgehead atoms. The van der Waals surface area contributed by atoms with Crippen LogP contribution in [0, 0.1) is 0 Å². The smallest absolute Gasteiger partial charge is 0.0922 e. The SMILES string of the molecule is CC(NCC(O)c1ccsc1)c1ccccc1Br. The predicted molar refractivity (Wildman–Crippen MR) is 79.8 cm³/mol. The zero-order chi connectivity index (χ0) is 13.0. The molecule has 0 aliphatic heterocycles. The Labute approximate surface area is 120 Å². The molecule has 2 aromatic rings. The van der Waals surface area contributed by atoms with Crippen molar-refractivity contribution < 1.29 is 5.11 Å². The fourth-order valence-corrected chi connectivity index (χ4v) is 3.14. The minimum Gasteiger partial charge on any atom is -0.387 e. The van der Waals surface area contributed by atoms with Crippen LogP contribution in [-0.2, 0) is 0 Å². The summed E-state index contributed by atoms with van der Waals surface area (Å²) < 4.78 is 1.09. The van der Waals surface area contributed by atoms with Crippen LogP contribution in [0.5, 0.6) is 0 Å². The van der Waals surface area contributed by atoms with Gasteiger partial charge in [0.05, 0.1) is 6.10 Å². The highest BCUT2D eigenvalue weighted by Crippen LogP contribution is 2.23. The summed E-state index contributed by atoms with van der Waals surface area (Å²) in [6.07, 6.45) is -0.443. The van der Waals surface area contributed by atoms with E-state index in [0.717, 1.165) is 10.0 Å². The third-order valence-corrected chi connectivity index (χ3v) is 4.34. The van der Waals surface area contributed by atoms with Crippen molar-refractivity contribution in [2.45, 2.75) is 19.1 Å². The van der Waals surface area contributed by atoms with E-state index >= 15 is 0 Å². The van der Waals surface area contributed by atoms with Crippen LogP contribution >= 0.6 is 27.3 Å². The lowest BCUT2D eigenvalue weighted by molar-refractivity contribution is 0.171. The van der Waals surface area contributed by atoms with Gasteiger partial charge in [0.2, 0.25) is 0 Å². The number of hydrogen-bond donors (Lipinski definition) is 2. The lowest BCUT2D eigenvalue weighted by atomic mass is 10.1. The van der Waals surface area contributed by atoms with Gasteiger partial charge in [0.25, 0.3) is 0 Å². The molecule has 0 aliphatic carbocycles. The van der Waals surface area contributed by atoms with Crippen molar-refractivity contribution in [1.29, 1.82) is 0 Å². The molecule has 0 saturated heterocycles. The molecule has 18 heavy (non-hydrogen) atoms. The van der Waals surface area contributed by atoms with Crippen LogP contribution < -0.4 is 5.32 Å². The summed E-state index contributed by atoms with van der Waals surface area (Å²) in [5, 5.41) is 17.3. The predicted octanol–water partition coefficient (Wildman–Crippen LogP) is 3.89. The maximum atomic E-state index is 10.0. The summed E-state index contributed by atoms with van der Waals surface area (Å²) in [4.78, 5) is 0. The third-order valence-electron chi connectivity index (χ3n) is 2.92. The molecule has 2 nitrogen and oxygen atoms in total. The topological polar surface area (TPSA) is 32.3 Å². The van der Waals surface area contributed by atoms with Crippen LogP contribution in [0.1, 0.15) is 30.2 Å². The number of nitrogens with one attached hydrogen (secondary N) is 1. The standard InChI is InChI=1S/C14H16BrNOS/c1-10(12-4-2-3-5-13(12)15)16-8-14(17)11-6-7-18-9-11/h2-7,9-10,14,16-17H,8H2,1H3. The van der Waals surface area contributed by atoms with Crippen molar-refractivity contribution in [3.05, 3.63) is 56.7 Å². The first kappa shape index (κ1) is 13.7. The largest absolute Gasteiger partial charge is 0.387 e. The molecule has 2 N–H and O–H groups in total. The molecule has 2 rings (SSSR count). The van der Waals surface area contributed by atoms with Crippen LogP contribution in [0.15, 0.2) is 45.6 Å². The van der Waals surface area contributed by atoms with Gasteiger partial charge in [-0.3, -0.25) is 0 Å². The summed E-state index contributed by atoms with van der Waals surface area (Å²) in [7, 11) is 0. The average molecular weight is 326 g/mol. The summed E-state index contributed by atoms with van der Waals surface area (Å²) >= 11 is 5.15. The summed E-state index contributed by atoms with van der Waals surface area (Å²) in [6, 6.07) is 10.3. The minimum absolute atomic E-state index is 0.203. The van der Waals surface area contributed by atoms with Crippen molar-refractivity contribution in [3.63, 3.8) is 0 Å². The second-order valence-corrected chi connectivity index (χ2v) is 5.86. The van der Waals surface area contributed by atoms with E-state index in [2.05, 4.69) is 34.2 Å². The molecular weight excluding hydrogens is 310 g/mol. The zero-order valence-electron chi connectivity index (χ0n) is 10.1. The molecule has 0 spiro atoms. The number of hydrogen-bond acceptors (Lipinski definition) is 3.